The van der Waals surface area contributed by atoms with E-state index in [4.69, 9.17) is 10.5 Å². The first-order valence-electron chi connectivity index (χ1n) is 6.55. The van der Waals surface area contributed by atoms with Crippen molar-refractivity contribution in [3.8, 4) is 5.75 Å². The van der Waals surface area contributed by atoms with Gasteiger partial charge in [-0.05, 0) is 47.7 Å². The van der Waals surface area contributed by atoms with E-state index >= 15 is 0 Å². The summed E-state index contributed by atoms with van der Waals surface area (Å²) >= 11 is 1.47. The summed E-state index contributed by atoms with van der Waals surface area (Å²) in [7, 11) is 0. The molecule has 1 aromatic carbocycles. The lowest BCUT2D eigenvalue weighted by atomic mass is 10.2. The number of anilines is 1. The number of hydrogen-bond acceptors (Lipinski definition) is 4. The number of amides is 1. The third-order valence-electron chi connectivity index (χ3n) is 2.83. The van der Waals surface area contributed by atoms with E-state index in [9.17, 15) is 4.79 Å². The Morgan fingerprint density at radius 3 is 2.62 bits per heavy atom. The van der Waals surface area contributed by atoms with Gasteiger partial charge in [0.05, 0.1) is 4.88 Å². The Bertz CT molecular complexity index is 569. The van der Waals surface area contributed by atoms with E-state index in [-0.39, 0.29) is 18.3 Å². The maximum absolute atomic E-state index is 12.2. The van der Waals surface area contributed by atoms with Crippen LogP contribution in [0.4, 0.5) is 5.69 Å². The Kier molecular flexibility index (Phi) is 7.22. The monoisotopic (exact) mass is 326 g/mol. The summed E-state index contributed by atoms with van der Waals surface area (Å²) in [5.41, 5.74) is 7.21. The number of aryl methyl sites for hydroxylation is 1. The van der Waals surface area contributed by atoms with Crippen molar-refractivity contribution < 1.29 is 9.53 Å². The fourth-order valence-electron chi connectivity index (χ4n) is 1.81. The average Bonchev–Trinajstić information content (AvgIpc) is 2.95. The lowest BCUT2D eigenvalue weighted by Crippen LogP contribution is -2.12. The zero-order valence-corrected chi connectivity index (χ0v) is 13.4. The first kappa shape index (κ1) is 17.5. The number of thiophene rings is 1. The van der Waals surface area contributed by atoms with E-state index in [1.807, 2.05) is 42.6 Å². The molecule has 0 aliphatic rings. The number of halogens is 1. The van der Waals surface area contributed by atoms with Gasteiger partial charge in [0.15, 0.2) is 0 Å². The molecule has 1 heterocycles. The fourth-order valence-corrected chi connectivity index (χ4v) is 2.70. The molecule has 0 unspecified atom stereocenters. The molecule has 0 radical (unpaired) electrons. The van der Waals surface area contributed by atoms with Gasteiger partial charge in [-0.3, -0.25) is 4.79 Å². The molecule has 0 spiro atoms. The number of nitrogens with one attached hydrogen (secondary N) is 1. The minimum atomic E-state index is -0.0625. The highest BCUT2D eigenvalue weighted by Crippen LogP contribution is 2.20. The fraction of sp³-hybridized carbons (Fsp3) is 0.267. The van der Waals surface area contributed by atoms with Gasteiger partial charge in [-0.2, -0.15) is 0 Å². The van der Waals surface area contributed by atoms with Crippen LogP contribution in [0.15, 0.2) is 35.7 Å². The van der Waals surface area contributed by atoms with E-state index in [1.54, 1.807) is 0 Å². The molecule has 1 aromatic heterocycles. The number of nitrogens with two attached hydrogens (primary N) is 1. The van der Waals surface area contributed by atoms with Gasteiger partial charge in [0.25, 0.3) is 5.91 Å². The number of benzene rings is 1. The van der Waals surface area contributed by atoms with E-state index in [2.05, 4.69) is 5.32 Å². The summed E-state index contributed by atoms with van der Waals surface area (Å²) < 4.78 is 5.39. The molecule has 0 aliphatic heterocycles. The summed E-state index contributed by atoms with van der Waals surface area (Å²) in [6.45, 7) is 3.01. The van der Waals surface area contributed by atoms with E-state index in [1.165, 1.54) is 11.3 Å². The smallest absolute Gasteiger partial charge is 0.266 e. The number of hydrogen-bond donors (Lipinski definition) is 2. The van der Waals surface area contributed by atoms with Crippen LogP contribution < -0.4 is 15.8 Å². The van der Waals surface area contributed by atoms with Crippen molar-refractivity contribution in [1.82, 2.24) is 0 Å². The van der Waals surface area contributed by atoms with Gasteiger partial charge in [-0.1, -0.05) is 6.92 Å². The topological polar surface area (TPSA) is 64.3 Å². The van der Waals surface area contributed by atoms with Crippen molar-refractivity contribution in [1.29, 1.82) is 0 Å². The summed E-state index contributed by atoms with van der Waals surface area (Å²) in [5, 5.41) is 4.84. The average molecular weight is 327 g/mol. The molecule has 0 fully saturated rings. The summed E-state index contributed by atoms with van der Waals surface area (Å²) in [5.74, 6) is 0.686. The van der Waals surface area contributed by atoms with Crippen LogP contribution in [0.3, 0.4) is 0 Å². The van der Waals surface area contributed by atoms with Crippen LogP contribution in [-0.4, -0.2) is 19.1 Å². The third kappa shape index (κ3) is 4.74. The van der Waals surface area contributed by atoms with Crippen molar-refractivity contribution in [2.24, 2.45) is 5.73 Å². The van der Waals surface area contributed by atoms with Crippen molar-refractivity contribution in [3.63, 3.8) is 0 Å². The highest BCUT2D eigenvalue weighted by Gasteiger charge is 2.12. The number of ether oxygens (including phenoxy) is 1. The number of carbonyl (C=O) groups is 1. The van der Waals surface area contributed by atoms with Crippen LogP contribution in [0, 0.1) is 0 Å². The third-order valence-corrected chi connectivity index (χ3v) is 3.79. The van der Waals surface area contributed by atoms with Gasteiger partial charge in [-0.15, -0.1) is 23.7 Å². The number of rotatable bonds is 6. The van der Waals surface area contributed by atoms with Crippen LogP contribution in [0.5, 0.6) is 5.75 Å². The van der Waals surface area contributed by atoms with Gasteiger partial charge in [0, 0.05) is 12.2 Å². The molecule has 2 rings (SSSR count). The van der Waals surface area contributed by atoms with E-state index < -0.39 is 0 Å². The normalized spacial score (nSPS) is 9.81. The second kappa shape index (κ2) is 8.67. The molecule has 0 bridgehead atoms. The minimum absolute atomic E-state index is 0. The molecule has 0 aliphatic carbocycles. The second-order valence-electron chi connectivity index (χ2n) is 4.24. The summed E-state index contributed by atoms with van der Waals surface area (Å²) in [4.78, 5) is 12.9. The highest BCUT2D eigenvalue weighted by molar-refractivity contribution is 7.12. The molecule has 3 N–H and O–H groups in total. The van der Waals surface area contributed by atoms with Gasteiger partial charge in [-0.25, -0.2) is 0 Å². The van der Waals surface area contributed by atoms with Crippen LogP contribution in [0.2, 0.25) is 0 Å². The zero-order chi connectivity index (χ0) is 14.4. The van der Waals surface area contributed by atoms with Crippen LogP contribution in [0.1, 0.15) is 22.2 Å². The van der Waals surface area contributed by atoms with Crippen molar-refractivity contribution in [2.75, 3.05) is 18.5 Å². The van der Waals surface area contributed by atoms with Gasteiger partial charge in [0.1, 0.15) is 12.4 Å². The molecule has 0 saturated heterocycles. The van der Waals surface area contributed by atoms with Crippen molar-refractivity contribution in [2.45, 2.75) is 13.3 Å². The predicted molar refractivity (Wildman–Crippen MR) is 89.9 cm³/mol. The van der Waals surface area contributed by atoms with Crippen molar-refractivity contribution >= 4 is 35.3 Å². The minimum Gasteiger partial charge on any atom is -0.492 e. The van der Waals surface area contributed by atoms with Gasteiger partial charge >= 0.3 is 0 Å². The summed E-state index contributed by atoms with van der Waals surface area (Å²) in [6, 6.07) is 9.27. The lowest BCUT2D eigenvalue weighted by molar-refractivity contribution is 0.103. The van der Waals surface area contributed by atoms with Crippen LogP contribution in [-0.2, 0) is 6.42 Å². The van der Waals surface area contributed by atoms with Gasteiger partial charge < -0.3 is 15.8 Å². The molecule has 21 heavy (non-hydrogen) atoms. The molecular weight excluding hydrogens is 308 g/mol. The van der Waals surface area contributed by atoms with E-state index in [0.29, 0.717) is 13.2 Å². The Balaban J connectivity index is 0.00000220. The zero-order valence-electron chi connectivity index (χ0n) is 11.8. The quantitative estimate of drug-likeness (QED) is 0.855. The maximum atomic E-state index is 12.2. The Morgan fingerprint density at radius 1 is 1.29 bits per heavy atom. The Labute approximate surface area is 134 Å². The van der Waals surface area contributed by atoms with E-state index in [0.717, 1.165) is 28.3 Å². The standard InChI is InChI=1S/C15H18N2O2S.ClH/c1-2-11-7-10-20-14(11)15(18)17-12-3-5-13(6-4-12)19-9-8-16;/h3-7,10H,2,8-9,16H2,1H3,(H,17,18);1H. The molecule has 0 saturated carbocycles. The Hall–Kier alpha value is -1.56. The van der Waals surface area contributed by atoms with Crippen LogP contribution >= 0.6 is 23.7 Å². The van der Waals surface area contributed by atoms with Crippen LogP contribution in [0.25, 0.3) is 0 Å². The predicted octanol–water partition coefficient (Wildman–Crippen LogP) is 3.32. The highest BCUT2D eigenvalue weighted by atomic mass is 35.5. The molecule has 6 heteroatoms. The number of carbonyl (C=O) groups excluding carboxylic acids is 1. The molecule has 1 amide bonds. The first-order valence-corrected chi connectivity index (χ1v) is 7.43. The van der Waals surface area contributed by atoms with Gasteiger partial charge in [0.2, 0.25) is 0 Å². The molecule has 2 aromatic rings. The molecule has 4 nitrogen and oxygen atoms in total. The lowest BCUT2D eigenvalue weighted by Gasteiger charge is -2.07. The SMILES string of the molecule is CCc1ccsc1C(=O)Nc1ccc(OCCN)cc1.Cl. The maximum Gasteiger partial charge on any atom is 0.266 e. The Morgan fingerprint density at radius 2 is 2.00 bits per heavy atom. The largest absolute Gasteiger partial charge is 0.492 e. The second-order valence-corrected chi connectivity index (χ2v) is 5.16. The summed E-state index contributed by atoms with van der Waals surface area (Å²) in [6.07, 6.45) is 0.859. The molecule has 0 atom stereocenters. The molecule has 114 valence electrons. The van der Waals surface area contributed by atoms with Crippen molar-refractivity contribution in [3.05, 3.63) is 46.2 Å². The molecular formula is C15H19ClN2O2S. The first-order chi connectivity index (χ1) is 9.74.